The molecule has 10 rings (SSSR count). The number of unbranched alkanes of at least 4 members (excludes halogenated alkanes) is 12. The Labute approximate surface area is 457 Å². The van der Waals surface area contributed by atoms with Gasteiger partial charge in [-0.05, 0) is 25.7 Å². The van der Waals surface area contributed by atoms with Crippen molar-refractivity contribution in [2.45, 2.75) is 170 Å². The minimum absolute atomic E-state index is 0.200. The van der Waals surface area contributed by atoms with Crippen LogP contribution in [0, 0.1) is 34.1 Å². The molecule has 0 amide bonds. The van der Waals surface area contributed by atoms with Crippen LogP contribution in [0.3, 0.4) is 0 Å². The molecule has 0 bridgehead atoms. The normalized spacial score (nSPS) is 12.2. The van der Waals surface area contributed by atoms with Gasteiger partial charge in [-0.3, -0.25) is 0 Å². The summed E-state index contributed by atoms with van der Waals surface area (Å²) in [6, 6.07) is 13.4. The molecule has 0 saturated heterocycles. The van der Waals surface area contributed by atoms with Crippen LogP contribution in [0.15, 0.2) is 36.4 Å². The van der Waals surface area contributed by atoms with Crippen LogP contribution < -0.4 is 0 Å². The maximum atomic E-state index is 13.5. The van der Waals surface area contributed by atoms with Gasteiger partial charge in [0.1, 0.15) is 0 Å². The zero-order valence-electron chi connectivity index (χ0n) is 42.8. The van der Waals surface area contributed by atoms with Gasteiger partial charge in [-0.25, -0.2) is 0 Å². The van der Waals surface area contributed by atoms with Gasteiger partial charge in [0.2, 0.25) is 0 Å². The SMILES string of the molecule is CCCCCCc1cc2c(s1)c1sc(-c3sc(-c4c([N+](=O)[O-])c([N+](=O)[O-])c(-c5cc(C)c(-c6cc7c(s6)c6sc(CCCCCC)cc6n7CCCCCC)s5)c5n[se]nc45)cc3C)cc1n2CCCCCC. The second kappa shape index (κ2) is 23.0. The van der Waals surface area contributed by atoms with E-state index < -0.39 is 36.2 Å². The average Bonchev–Trinajstić information content (AvgIpc) is 4.24. The van der Waals surface area contributed by atoms with Crippen molar-refractivity contribution in [2.75, 3.05) is 0 Å². The first-order valence-electron chi connectivity index (χ1n) is 26.5. The molecule has 73 heavy (non-hydrogen) atoms. The molecule has 10 nitrogen and oxygen atoms in total. The number of nitro groups is 2. The fraction of sp³-hybridized carbons (Fsp3) is 0.464. The summed E-state index contributed by atoms with van der Waals surface area (Å²) in [5.74, 6) is 0. The quantitative estimate of drug-likeness (QED) is 0.0230. The molecule has 0 saturated carbocycles. The summed E-state index contributed by atoms with van der Waals surface area (Å²) in [6.07, 6.45) is 21.6. The number of thiophene rings is 6. The molecule has 0 atom stereocenters. The molecule has 0 N–H and O–H groups in total. The molecular formula is C56H64N6O4S6Se. The fourth-order valence-electron chi connectivity index (χ4n) is 10.6. The van der Waals surface area contributed by atoms with Crippen molar-refractivity contribution in [1.29, 1.82) is 0 Å². The van der Waals surface area contributed by atoms with Crippen LogP contribution >= 0.6 is 68.0 Å². The summed E-state index contributed by atoms with van der Waals surface area (Å²) < 4.78 is 20.0. The first kappa shape index (κ1) is 52.4. The third kappa shape index (κ3) is 10.2. The van der Waals surface area contributed by atoms with Crippen molar-refractivity contribution < 1.29 is 9.85 Å². The Morgan fingerprint density at radius 2 is 0.836 bits per heavy atom. The second-order valence-corrected chi connectivity index (χ2v) is 27.3. The minimum Gasteiger partial charge on any atom is -0.0654 e. The van der Waals surface area contributed by atoms with Gasteiger partial charge in [-0.1, -0.05) is 105 Å². The molecule has 0 aliphatic heterocycles. The number of aryl methyl sites for hydroxylation is 6. The van der Waals surface area contributed by atoms with Crippen molar-refractivity contribution in [3.63, 3.8) is 0 Å². The second-order valence-electron chi connectivity index (χ2n) is 19.7. The predicted molar refractivity (Wildman–Crippen MR) is 318 cm³/mol. The molecule has 9 heterocycles. The third-order valence-electron chi connectivity index (χ3n) is 14.4. The average molecular weight is 1160 g/mol. The maximum absolute atomic E-state index is 13.5. The summed E-state index contributed by atoms with van der Waals surface area (Å²) in [5, 5.41) is 27.0. The third-order valence-corrected chi connectivity index (χ3v) is 23.3. The minimum atomic E-state index is -0.621. The number of nitrogens with zero attached hydrogens (tertiary/aromatic N) is 6. The van der Waals surface area contributed by atoms with Crippen molar-refractivity contribution >= 4 is 146 Å². The fourth-order valence-corrected chi connectivity index (χ4v) is 19.6. The number of hydrogen-bond donors (Lipinski definition) is 0. The summed E-state index contributed by atoms with van der Waals surface area (Å²) in [6.45, 7) is 15.0. The standard InChI is InChI=1S/C56H64N6O4S6Se/c1-7-11-15-19-23-35-29-37-53(67-35)55-39(59(37)25-21-17-13-9-3)31-43(71-55)51-33(5)27-41(69-51)45-47-48(58-73-57-47)46(50(62(65)66)49(45)61(63)64)42-28-34(6)52(70-42)44-32-40-56(72-44)54-38(60(40)26-22-18-14-10-4)30-36(68-54)24-20-16-12-8-2/h27-32H,7-26H2,1-6H3. The summed E-state index contributed by atoms with van der Waals surface area (Å²) in [4.78, 5) is 34.2. The molecule has 0 aliphatic carbocycles. The van der Waals surface area contributed by atoms with Crippen LogP contribution in [-0.4, -0.2) is 41.9 Å². The van der Waals surface area contributed by atoms with Crippen LogP contribution in [0.5, 0.6) is 0 Å². The van der Waals surface area contributed by atoms with Crippen LogP contribution in [0.1, 0.15) is 151 Å². The van der Waals surface area contributed by atoms with Crippen LogP contribution in [-0.2, 0) is 25.9 Å². The van der Waals surface area contributed by atoms with Crippen molar-refractivity contribution in [3.8, 4) is 40.4 Å². The van der Waals surface area contributed by atoms with E-state index >= 15 is 0 Å². The molecule has 384 valence electrons. The topological polar surface area (TPSA) is 122 Å². The van der Waals surface area contributed by atoms with E-state index in [0.717, 1.165) is 69.4 Å². The van der Waals surface area contributed by atoms with E-state index in [4.69, 9.17) is 7.96 Å². The Morgan fingerprint density at radius 3 is 1.22 bits per heavy atom. The van der Waals surface area contributed by atoms with Gasteiger partial charge in [-0.2, -0.15) is 0 Å². The molecule has 0 aliphatic rings. The number of fused-ring (bicyclic) bond motifs is 7. The molecule has 1 aromatic carbocycles. The monoisotopic (exact) mass is 1160 g/mol. The Kier molecular flexibility index (Phi) is 16.5. The van der Waals surface area contributed by atoms with Gasteiger partial charge in [0, 0.05) is 0 Å². The smallest absolute Gasteiger partial charge is 0.0654 e. The van der Waals surface area contributed by atoms with Crippen molar-refractivity contribution in [2.24, 2.45) is 0 Å². The van der Waals surface area contributed by atoms with Crippen LogP contribution in [0.4, 0.5) is 11.4 Å². The molecule has 17 heteroatoms. The van der Waals surface area contributed by atoms with Gasteiger partial charge >= 0.3 is 331 Å². The molecule has 0 fully saturated rings. The number of hydrogen-bond acceptors (Lipinski definition) is 12. The Morgan fingerprint density at radius 1 is 0.466 bits per heavy atom. The zero-order chi connectivity index (χ0) is 50.9. The van der Waals surface area contributed by atoms with Gasteiger partial charge in [0.05, 0.1) is 0 Å². The van der Waals surface area contributed by atoms with E-state index in [1.165, 1.54) is 163 Å². The number of nitro benzene ring substituents is 2. The van der Waals surface area contributed by atoms with E-state index in [9.17, 15) is 20.2 Å². The predicted octanol–water partition coefficient (Wildman–Crippen LogP) is 19.8. The van der Waals surface area contributed by atoms with E-state index in [1.807, 2.05) is 48.7 Å². The molecular weight excluding hydrogens is 1090 g/mol. The van der Waals surface area contributed by atoms with E-state index in [1.54, 1.807) is 22.7 Å². The van der Waals surface area contributed by atoms with Gasteiger partial charge in [-0.15, -0.1) is 0 Å². The summed E-state index contributed by atoms with van der Waals surface area (Å²) in [7, 11) is 0. The van der Waals surface area contributed by atoms with Crippen LogP contribution in [0.25, 0.3) is 92.3 Å². The van der Waals surface area contributed by atoms with Gasteiger partial charge in [0.25, 0.3) is 0 Å². The zero-order valence-corrected chi connectivity index (χ0v) is 49.4. The molecule has 10 aromatic rings. The van der Waals surface area contributed by atoms with E-state index in [-0.39, 0.29) is 11.1 Å². The van der Waals surface area contributed by atoms with Crippen molar-refractivity contribution in [1.82, 2.24) is 17.1 Å². The van der Waals surface area contributed by atoms with E-state index in [0.29, 0.717) is 20.8 Å². The molecule has 0 radical (unpaired) electrons. The Hall–Kier alpha value is -4.06. The van der Waals surface area contributed by atoms with Crippen LogP contribution in [0.2, 0.25) is 0 Å². The number of benzene rings is 1. The van der Waals surface area contributed by atoms with Gasteiger partial charge < -0.3 is 0 Å². The van der Waals surface area contributed by atoms with Crippen molar-refractivity contribution in [3.05, 3.63) is 77.5 Å². The summed E-state index contributed by atoms with van der Waals surface area (Å²) >= 11 is 9.76. The number of aromatic nitrogens is 4. The molecule has 0 spiro atoms. The van der Waals surface area contributed by atoms with Gasteiger partial charge in [0.15, 0.2) is 0 Å². The molecule has 0 unspecified atom stereocenters. The molecule has 9 aromatic heterocycles. The summed E-state index contributed by atoms with van der Waals surface area (Å²) in [5.41, 5.74) is 7.26. The Balaban J connectivity index is 1.04. The Bertz CT molecular complexity index is 3380. The first-order valence-corrected chi connectivity index (χ1v) is 32.9. The number of rotatable bonds is 26. The first-order chi connectivity index (χ1) is 35.5. The van der Waals surface area contributed by atoms with E-state index in [2.05, 4.69) is 61.1 Å².